The van der Waals surface area contributed by atoms with Crippen LogP contribution in [0.25, 0.3) is 0 Å². The fourth-order valence-electron chi connectivity index (χ4n) is 3.70. The van der Waals surface area contributed by atoms with E-state index >= 15 is 0 Å². The van der Waals surface area contributed by atoms with Gasteiger partial charge in [0.2, 0.25) is 0 Å². The van der Waals surface area contributed by atoms with Crippen LogP contribution >= 0.6 is 0 Å². The first-order chi connectivity index (χ1) is 9.72. The zero-order valence-corrected chi connectivity index (χ0v) is 12.8. The van der Waals surface area contributed by atoms with Crippen molar-refractivity contribution in [1.29, 1.82) is 0 Å². The molecule has 2 bridgehead atoms. The first-order valence-corrected chi connectivity index (χ1v) is 7.97. The summed E-state index contributed by atoms with van der Waals surface area (Å²) >= 11 is 0. The maximum absolute atomic E-state index is 3.55. The van der Waals surface area contributed by atoms with Crippen LogP contribution in [0.2, 0.25) is 0 Å². The Morgan fingerprint density at radius 1 is 1.20 bits per heavy atom. The van der Waals surface area contributed by atoms with Crippen LogP contribution in [0.4, 0.5) is 5.69 Å². The van der Waals surface area contributed by atoms with Crippen LogP contribution in [-0.4, -0.2) is 55.1 Å². The average molecular weight is 273 g/mol. The van der Waals surface area contributed by atoms with Gasteiger partial charge in [-0.1, -0.05) is 12.1 Å². The van der Waals surface area contributed by atoms with Gasteiger partial charge in [-0.25, -0.2) is 0 Å². The standard InChI is InChI=1S/C17H27N3/c1-14-4-3-5-15(12-14)18-9-11-20-10-8-16-6-7-17(13-20)19(16)2/h3-5,12,16-18H,6-11,13H2,1-2H3. The summed E-state index contributed by atoms with van der Waals surface area (Å²) < 4.78 is 0. The SMILES string of the molecule is Cc1cccc(NCCN2CCC3CCC(C2)N3C)c1. The fraction of sp³-hybridized carbons (Fsp3) is 0.647. The van der Waals surface area contributed by atoms with Gasteiger partial charge in [-0.2, -0.15) is 0 Å². The van der Waals surface area contributed by atoms with Gasteiger partial charge >= 0.3 is 0 Å². The third kappa shape index (κ3) is 3.15. The molecule has 2 fully saturated rings. The highest BCUT2D eigenvalue weighted by molar-refractivity contribution is 5.45. The fourth-order valence-corrected chi connectivity index (χ4v) is 3.70. The Hall–Kier alpha value is -1.06. The van der Waals surface area contributed by atoms with Crippen LogP contribution in [0, 0.1) is 6.92 Å². The summed E-state index contributed by atoms with van der Waals surface area (Å²) in [4.78, 5) is 5.26. The maximum Gasteiger partial charge on any atom is 0.0343 e. The summed E-state index contributed by atoms with van der Waals surface area (Å²) in [5.74, 6) is 0. The van der Waals surface area contributed by atoms with Crippen LogP contribution in [0.5, 0.6) is 0 Å². The minimum atomic E-state index is 0.793. The molecule has 1 N–H and O–H groups in total. The van der Waals surface area contributed by atoms with Crippen LogP contribution in [0.1, 0.15) is 24.8 Å². The van der Waals surface area contributed by atoms with E-state index in [4.69, 9.17) is 0 Å². The second kappa shape index (κ2) is 6.15. The average Bonchev–Trinajstić information content (AvgIpc) is 2.66. The molecule has 2 heterocycles. The van der Waals surface area contributed by atoms with Gasteiger partial charge in [-0.15, -0.1) is 0 Å². The maximum atomic E-state index is 3.55. The number of likely N-dealkylation sites (N-methyl/N-ethyl adjacent to an activating group) is 1. The normalized spacial score (nSPS) is 27.5. The van der Waals surface area contributed by atoms with Gasteiger partial charge in [-0.05, 0) is 57.5 Å². The number of benzene rings is 1. The molecule has 3 heteroatoms. The van der Waals surface area contributed by atoms with Crippen LogP contribution < -0.4 is 5.32 Å². The van der Waals surface area contributed by atoms with E-state index in [1.165, 1.54) is 43.6 Å². The van der Waals surface area contributed by atoms with Gasteiger partial charge in [-0.3, -0.25) is 9.80 Å². The summed E-state index contributed by atoms with van der Waals surface area (Å²) in [5, 5.41) is 3.55. The smallest absolute Gasteiger partial charge is 0.0343 e. The van der Waals surface area contributed by atoms with Gasteiger partial charge in [0, 0.05) is 37.4 Å². The van der Waals surface area contributed by atoms with Gasteiger partial charge in [0.15, 0.2) is 0 Å². The van der Waals surface area contributed by atoms with E-state index in [1.54, 1.807) is 0 Å². The van der Waals surface area contributed by atoms with E-state index < -0.39 is 0 Å². The topological polar surface area (TPSA) is 18.5 Å². The number of fused-ring (bicyclic) bond motifs is 2. The molecule has 110 valence electrons. The number of likely N-dealkylation sites (tertiary alicyclic amines) is 1. The second-order valence-electron chi connectivity index (χ2n) is 6.44. The lowest BCUT2D eigenvalue weighted by atomic mass is 10.1. The number of aryl methyl sites for hydroxylation is 1. The molecule has 2 saturated heterocycles. The van der Waals surface area contributed by atoms with E-state index in [1.807, 2.05) is 0 Å². The Bertz CT molecular complexity index is 446. The van der Waals surface area contributed by atoms with Crippen molar-refractivity contribution in [2.75, 3.05) is 38.5 Å². The van der Waals surface area contributed by atoms with Crippen molar-refractivity contribution < 1.29 is 0 Å². The van der Waals surface area contributed by atoms with Crippen LogP contribution in [0.3, 0.4) is 0 Å². The summed E-state index contributed by atoms with van der Waals surface area (Å²) in [7, 11) is 2.32. The Morgan fingerprint density at radius 2 is 2.05 bits per heavy atom. The van der Waals surface area contributed by atoms with Crippen LogP contribution in [-0.2, 0) is 0 Å². The Kier molecular flexibility index (Phi) is 4.27. The molecule has 2 atom stereocenters. The van der Waals surface area contributed by atoms with Crippen molar-refractivity contribution in [3.8, 4) is 0 Å². The number of hydrogen-bond donors (Lipinski definition) is 1. The van der Waals surface area contributed by atoms with E-state index in [0.717, 1.165) is 25.2 Å². The van der Waals surface area contributed by atoms with Crippen molar-refractivity contribution in [3.63, 3.8) is 0 Å². The molecule has 2 aliphatic rings. The molecule has 1 aromatic carbocycles. The van der Waals surface area contributed by atoms with E-state index in [0.29, 0.717) is 0 Å². The largest absolute Gasteiger partial charge is 0.384 e. The minimum Gasteiger partial charge on any atom is -0.384 e. The Morgan fingerprint density at radius 3 is 2.90 bits per heavy atom. The lowest BCUT2D eigenvalue weighted by molar-refractivity contribution is 0.223. The van der Waals surface area contributed by atoms with Gasteiger partial charge < -0.3 is 5.32 Å². The highest BCUT2D eigenvalue weighted by atomic mass is 15.3. The summed E-state index contributed by atoms with van der Waals surface area (Å²) in [6.07, 6.45) is 4.15. The molecular weight excluding hydrogens is 246 g/mol. The molecular formula is C17H27N3. The monoisotopic (exact) mass is 273 g/mol. The third-order valence-electron chi connectivity index (χ3n) is 5.01. The molecule has 0 aromatic heterocycles. The molecule has 3 nitrogen and oxygen atoms in total. The molecule has 2 aliphatic heterocycles. The minimum absolute atomic E-state index is 0.793. The number of nitrogens with zero attached hydrogens (tertiary/aromatic N) is 2. The third-order valence-corrected chi connectivity index (χ3v) is 5.01. The van der Waals surface area contributed by atoms with Gasteiger partial charge in [0.1, 0.15) is 0 Å². The quantitative estimate of drug-likeness (QED) is 0.909. The van der Waals surface area contributed by atoms with Crippen molar-refractivity contribution >= 4 is 5.69 Å². The predicted octanol–water partition coefficient (Wildman–Crippen LogP) is 2.58. The molecule has 2 unspecified atom stereocenters. The van der Waals surface area contributed by atoms with Crippen molar-refractivity contribution in [1.82, 2.24) is 9.80 Å². The summed E-state index contributed by atoms with van der Waals surface area (Å²) in [6.45, 7) is 6.87. The number of nitrogens with one attached hydrogen (secondary N) is 1. The number of anilines is 1. The second-order valence-corrected chi connectivity index (χ2v) is 6.44. The lowest BCUT2D eigenvalue weighted by Crippen LogP contribution is -2.38. The molecule has 20 heavy (non-hydrogen) atoms. The highest BCUT2D eigenvalue weighted by Gasteiger charge is 2.34. The number of rotatable bonds is 4. The highest BCUT2D eigenvalue weighted by Crippen LogP contribution is 2.28. The van der Waals surface area contributed by atoms with E-state index in [2.05, 4.69) is 53.4 Å². The molecule has 0 spiro atoms. The zero-order valence-electron chi connectivity index (χ0n) is 12.8. The van der Waals surface area contributed by atoms with Crippen LogP contribution in [0.15, 0.2) is 24.3 Å². The predicted molar refractivity (Wildman–Crippen MR) is 85.3 cm³/mol. The van der Waals surface area contributed by atoms with Gasteiger partial charge in [0.05, 0.1) is 0 Å². The van der Waals surface area contributed by atoms with E-state index in [9.17, 15) is 0 Å². The van der Waals surface area contributed by atoms with Crippen molar-refractivity contribution in [2.24, 2.45) is 0 Å². The summed E-state index contributed by atoms with van der Waals surface area (Å²) in [6, 6.07) is 10.3. The molecule has 0 amide bonds. The molecule has 0 aliphatic carbocycles. The summed E-state index contributed by atoms with van der Waals surface area (Å²) in [5.41, 5.74) is 2.57. The lowest BCUT2D eigenvalue weighted by Gasteiger charge is -2.25. The Labute approximate surface area is 123 Å². The van der Waals surface area contributed by atoms with E-state index in [-0.39, 0.29) is 0 Å². The first kappa shape index (κ1) is 13.9. The number of hydrogen-bond acceptors (Lipinski definition) is 3. The molecule has 3 rings (SSSR count). The Balaban J connectivity index is 1.47. The van der Waals surface area contributed by atoms with Crippen molar-refractivity contribution in [2.45, 2.75) is 38.3 Å². The zero-order chi connectivity index (χ0) is 13.9. The molecule has 0 radical (unpaired) electrons. The van der Waals surface area contributed by atoms with Gasteiger partial charge in [0.25, 0.3) is 0 Å². The first-order valence-electron chi connectivity index (χ1n) is 7.97. The van der Waals surface area contributed by atoms with Crippen molar-refractivity contribution in [3.05, 3.63) is 29.8 Å². The molecule has 1 aromatic rings. The molecule has 0 saturated carbocycles.